The first-order valence-electron chi connectivity index (χ1n) is 13.5. The average molecular weight is 523 g/mol. The highest BCUT2D eigenvalue weighted by molar-refractivity contribution is 5.49. The summed E-state index contributed by atoms with van der Waals surface area (Å²) in [7, 11) is 1.63. The molecule has 0 aliphatic heterocycles. The Morgan fingerprint density at radius 3 is 1.49 bits per heavy atom. The maximum atomic E-state index is 14.2. The van der Waals surface area contributed by atoms with E-state index in [1.54, 1.807) is 16.5 Å². The molecule has 0 bridgehead atoms. The molecule has 0 atom stereocenters. The number of rotatable bonds is 10. The Kier molecular flexibility index (Phi) is 7.68. The minimum Gasteiger partial charge on any atom is -0.497 e. The molecule has 7 nitrogen and oxygen atoms in total. The first kappa shape index (κ1) is 26.1. The lowest BCUT2D eigenvalue weighted by molar-refractivity contribution is 0.414. The predicted octanol–water partition coefficient (Wildman–Crippen LogP) is 5.74. The van der Waals surface area contributed by atoms with Crippen molar-refractivity contribution < 1.29 is 4.74 Å². The number of aryl methyl sites for hydroxylation is 2. The van der Waals surface area contributed by atoms with E-state index in [1.165, 1.54) is 0 Å². The molecule has 0 amide bonds. The number of benzene rings is 3. The van der Waals surface area contributed by atoms with Crippen LogP contribution in [0.15, 0.2) is 94.5 Å². The molecule has 0 unspecified atom stereocenters. The minimum absolute atomic E-state index is 0.153. The van der Waals surface area contributed by atoms with E-state index < -0.39 is 5.92 Å². The molecular formula is C32H34N4O3. The summed E-state index contributed by atoms with van der Waals surface area (Å²) in [5.41, 5.74) is 4.92. The zero-order chi connectivity index (χ0) is 27.4. The normalized spacial score (nSPS) is 11.3. The molecule has 0 fully saturated rings. The lowest BCUT2D eigenvalue weighted by Gasteiger charge is -2.18. The zero-order valence-electron chi connectivity index (χ0n) is 22.6. The number of methoxy groups -OCH3 is 1. The Balaban J connectivity index is 1.82. The second-order valence-electron chi connectivity index (χ2n) is 9.67. The van der Waals surface area contributed by atoms with Crippen molar-refractivity contribution in [1.82, 2.24) is 19.6 Å². The highest BCUT2D eigenvalue weighted by Crippen LogP contribution is 2.34. The monoisotopic (exact) mass is 522 g/mol. The van der Waals surface area contributed by atoms with Crippen molar-refractivity contribution in [1.29, 1.82) is 0 Å². The van der Waals surface area contributed by atoms with Crippen molar-refractivity contribution >= 4 is 0 Å². The van der Waals surface area contributed by atoms with Crippen LogP contribution in [0, 0.1) is 0 Å². The van der Waals surface area contributed by atoms with Crippen LogP contribution in [0.2, 0.25) is 0 Å². The Labute approximate surface area is 227 Å². The third kappa shape index (κ3) is 5.00. The molecule has 39 heavy (non-hydrogen) atoms. The Morgan fingerprint density at radius 2 is 1.10 bits per heavy atom. The maximum Gasteiger partial charge on any atom is 0.275 e. The molecule has 3 aromatic carbocycles. The van der Waals surface area contributed by atoms with E-state index in [1.807, 2.05) is 84.9 Å². The topological polar surface area (TPSA) is 84.8 Å². The molecule has 2 heterocycles. The standard InChI is InChI=1S/C32H34N4O3/c1-4-12-26-29(31(37)35(33-26)23-14-8-6-9-15-23)28(22-18-20-25(39-3)21-19-22)30-27(13-5-2)34-36(32(30)38)24-16-10-7-11-17-24/h6-11,14-21,28,33-34H,4-5,12-13H2,1-3H3. The van der Waals surface area contributed by atoms with Gasteiger partial charge in [0.1, 0.15) is 5.75 Å². The van der Waals surface area contributed by atoms with E-state index >= 15 is 0 Å². The number of nitrogens with one attached hydrogen (secondary N) is 2. The Morgan fingerprint density at radius 1 is 0.667 bits per heavy atom. The van der Waals surface area contributed by atoms with Crippen LogP contribution in [0.1, 0.15) is 60.7 Å². The molecule has 0 radical (unpaired) electrons. The first-order chi connectivity index (χ1) is 19.1. The summed E-state index contributed by atoms with van der Waals surface area (Å²) in [4.78, 5) is 28.4. The van der Waals surface area contributed by atoms with Gasteiger partial charge in [0.25, 0.3) is 11.1 Å². The van der Waals surface area contributed by atoms with Gasteiger partial charge in [0.2, 0.25) is 0 Å². The molecule has 200 valence electrons. The van der Waals surface area contributed by atoms with Gasteiger partial charge in [-0.25, -0.2) is 9.36 Å². The zero-order valence-corrected chi connectivity index (χ0v) is 22.6. The highest BCUT2D eigenvalue weighted by atomic mass is 16.5. The summed E-state index contributed by atoms with van der Waals surface area (Å²) >= 11 is 0. The Bertz CT molecular complexity index is 1540. The van der Waals surface area contributed by atoms with Gasteiger partial charge in [-0.3, -0.25) is 19.8 Å². The Hall–Kier alpha value is -4.52. The molecule has 0 saturated carbocycles. The van der Waals surface area contributed by atoms with E-state index in [0.717, 1.165) is 41.2 Å². The van der Waals surface area contributed by atoms with Crippen molar-refractivity contribution in [3.8, 4) is 17.1 Å². The van der Waals surface area contributed by atoms with E-state index in [9.17, 15) is 9.59 Å². The second-order valence-corrected chi connectivity index (χ2v) is 9.67. The van der Waals surface area contributed by atoms with Gasteiger partial charge >= 0.3 is 0 Å². The van der Waals surface area contributed by atoms with Gasteiger partial charge in [0.05, 0.1) is 29.6 Å². The van der Waals surface area contributed by atoms with Gasteiger partial charge in [0, 0.05) is 17.3 Å². The fourth-order valence-electron chi connectivity index (χ4n) is 5.26. The number of H-pyrrole nitrogens is 2. The largest absolute Gasteiger partial charge is 0.497 e. The van der Waals surface area contributed by atoms with Gasteiger partial charge in [-0.15, -0.1) is 0 Å². The van der Waals surface area contributed by atoms with Crippen LogP contribution in [0.3, 0.4) is 0 Å². The quantitative estimate of drug-likeness (QED) is 0.245. The molecule has 2 aromatic heterocycles. The summed E-state index contributed by atoms with van der Waals surface area (Å²) in [5, 5.41) is 6.76. The minimum atomic E-state index is -0.568. The molecule has 5 rings (SSSR count). The molecular weight excluding hydrogens is 488 g/mol. The predicted molar refractivity (Wildman–Crippen MR) is 155 cm³/mol. The van der Waals surface area contributed by atoms with Crippen molar-refractivity contribution in [3.63, 3.8) is 0 Å². The van der Waals surface area contributed by atoms with Crippen molar-refractivity contribution in [2.45, 2.75) is 45.4 Å². The summed E-state index contributed by atoms with van der Waals surface area (Å²) in [6.07, 6.45) is 3.05. The van der Waals surface area contributed by atoms with Crippen molar-refractivity contribution in [2.24, 2.45) is 0 Å². The number of hydrogen-bond acceptors (Lipinski definition) is 3. The molecule has 0 spiro atoms. The van der Waals surface area contributed by atoms with Crippen molar-refractivity contribution in [3.05, 3.63) is 134 Å². The molecule has 2 N–H and O–H groups in total. The second kappa shape index (κ2) is 11.5. The van der Waals surface area contributed by atoms with Gasteiger partial charge in [0.15, 0.2) is 0 Å². The lowest BCUT2D eigenvalue weighted by Crippen LogP contribution is -2.25. The van der Waals surface area contributed by atoms with Gasteiger partial charge < -0.3 is 4.74 Å². The van der Waals surface area contributed by atoms with E-state index in [2.05, 4.69) is 24.0 Å². The smallest absolute Gasteiger partial charge is 0.275 e. The molecule has 5 aromatic rings. The van der Waals surface area contributed by atoms with Gasteiger partial charge in [-0.1, -0.05) is 75.2 Å². The third-order valence-corrected chi connectivity index (χ3v) is 7.07. The van der Waals surface area contributed by atoms with E-state index in [-0.39, 0.29) is 11.1 Å². The fourth-order valence-corrected chi connectivity index (χ4v) is 5.26. The average Bonchev–Trinajstić information content (AvgIpc) is 3.47. The van der Waals surface area contributed by atoms with Crippen molar-refractivity contribution in [2.75, 3.05) is 7.11 Å². The summed E-state index contributed by atoms with van der Waals surface area (Å²) in [6, 6.07) is 26.8. The van der Waals surface area contributed by atoms with E-state index in [0.29, 0.717) is 29.7 Å². The van der Waals surface area contributed by atoms with Crippen LogP contribution in [-0.4, -0.2) is 26.7 Å². The summed E-state index contributed by atoms with van der Waals surface area (Å²) in [5.74, 6) is 0.146. The third-order valence-electron chi connectivity index (χ3n) is 7.07. The van der Waals surface area contributed by atoms with Gasteiger partial charge in [-0.2, -0.15) is 0 Å². The van der Waals surface area contributed by atoms with Crippen LogP contribution in [0.4, 0.5) is 0 Å². The maximum absolute atomic E-state index is 14.2. The number of hydrogen-bond donors (Lipinski definition) is 2. The number of para-hydroxylation sites is 2. The number of nitrogens with zero attached hydrogens (tertiary/aromatic N) is 2. The van der Waals surface area contributed by atoms with Crippen LogP contribution < -0.4 is 15.9 Å². The summed E-state index contributed by atoms with van der Waals surface area (Å²) < 4.78 is 8.60. The molecule has 0 aliphatic carbocycles. The van der Waals surface area contributed by atoms with Crippen LogP contribution in [0.25, 0.3) is 11.4 Å². The molecule has 0 aliphatic rings. The van der Waals surface area contributed by atoms with E-state index in [4.69, 9.17) is 4.74 Å². The number of aromatic nitrogens is 4. The summed E-state index contributed by atoms with van der Waals surface area (Å²) in [6.45, 7) is 4.18. The molecule has 7 heteroatoms. The van der Waals surface area contributed by atoms with Crippen LogP contribution >= 0.6 is 0 Å². The lowest BCUT2D eigenvalue weighted by atomic mass is 9.84. The fraction of sp³-hybridized carbons (Fsp3) is 0.250. The van der Waals surface area contributed by atoms with Crippen LogP contribution in [-0.2, 0) is 12.8 Å². The SMILES string of the molecule is CCCc1[nH]n(-c2ccccc2)c(=O)c1C(c1ccc(OC)cc1)c1c(CCC)[nH]n(-c2ccccc2)c1=O. The highest BCUT2D eigenvalue weighted by Gasteiger charge is 2.32. The van der Waals surface area contributed by atoms with Gasteiger partial charge in [-0.05, 0) is 54.8 Å². The number of ether oxygens (including phenoxy) is 1. The molecule has 0 saturated heterocycles. The van der Waals surface area contributed by atoms with Crippen LogP contribution in [0.5, 0.6) is 5.75 Å². The first-order valence-corrected chi connectivity index (χ1v) is 13.5. The number of aromatic amines is 2.